The number of benzene rings is 1. The molecule has 0 spiro atoms. The SMILES string of the molecule is Nc1nnc(C(N)c2cccc(C(F)(F)F)c2)o1. The summed E-state index contributed by atoms with van der Waals surface area (Å²) in [6.45, 7) is 0. The molecule has 0 saturated carbocycles. The van der Waals surface area contributed by atoms with E-state index in [2.05, 4.69) is 10.2 Å². The van der Waals surface area contributed by atoms with E-state index in [9.17, 15) is 13.2 Å². The zero-order chi connectivity index (χ0) is 13.3. The van der Waals surface area contributed by atoms with Crippen LogP contribution in [0.4, 0.5) is 19.2 Å². The molecule has 1 aromatic carbocycles. The van der Waals surface area contributed by atoms with Crippen molar-refractivity contribution in [2.45, 2.75) is 12.2 Å². The Labute approximate surface area is 99.6 Å². The highest BCUT2D eigenvalue weighted by Crippen LogP contribution is 2.31. The van der Waals surface area contributed by atoms with Crippen molar-refractivity contribution in [2.24, 2.45) is 5.73 Å². The maximum absolute atomic E-state index is 12.5. The predicted octanol–water partition coefficient (Wildman–Crippen LogP) is 1.72. The standard InChI is InChI=1S/C10H9F3N4O/c11-10(12,13)6-3-1-2-5(4-6)7(14)8-16-17-9(15)18-8/h1-4,7H,14H2,(H2,15,17). The van der Waals surface area contributed by atoms with Crippen LogP contribution in [-0.4, -0.2) is 10.2 Å². The van der Waals surface area contributed by atoms with Gasteiger partial charge in [-0.15, -0.1) is 5.10 Å². The van der Waals surface area contributed by atoms with Crippen molar-refractivity contribution in [3.63, 3.8) is 0 Å². The fourth-order valence-corrected chi connectivity index (χ4v) is 1.42. The summed E-state index contributed by atoms with van der Waals surface area (Å²) >= 11 is 0. The Morgan fingerprint density at radius 1 is 1.22 bits per heavy atom. The summed E-state index contributed by atoms with van der Waals surface area (Å²) in [5.41, 5.74) is 10.4. The molecule has 1 aromatic heterocycles. The van der Waals surface area contributed by atoms with Crippen LogP contribution in [-0.2, 0) is 6.18 Å². The van der Waals surface area contributed by atoms with Gasteiger partial charge in [0.05, 0.1) is 5.56 Å². The van der Waals surface area contributed by atoms with Crippen LogP contribution in [0.5, 0.6) is 0 Å². The highest BCUT2D eigenvalue weighted by Gasteiger charge is 2.31. The molecule has 1 heterocycles. The molecular formula is C10H9F3N4O. The second-order valence-electron chi connectivity index (χ2n) is 3.58. The molecule has 1 unspecified atom stereocenters. The van der Waals surface area contributed by atoms with Crippen molar-refractivity contribution in [1.82, 2.24) is 10.2 Å². The van der Waals surface area contributed by atoms with Crippen LogP contribution in [0.25, 0.3) is 0 Å². The number of hydrogen-bond acceptors (Lipinski definition) is 5. The molecule has 18 heavy (non-hydrogen) atoms. The van der Waals surface area contributed by atoms with Crippen molar-refractivity contribution < 1.29 is 17.6 Å². The van der Waals surface area contributed by atoms with Gasteiger partial charge in [0.25, 0.3) is 0 Å². The van der Waals surface area contributed by atoms with E-state index in [4.69, 9.17) is 15.9 Å². The minimum atomic E-state index is -4.43. The number of nitrogens with zero attached hydrogens (tertiary/aromatic N) is 2. The Balaban J connectivity index is 2.34. The molecule has 5 nitrogen and oxygen atoms in total. The van der Waals surface area contributed by atoms with Gasteiger partial charge in [-0.05, 0) is 17.7 Å². The quantitative estimate of drug-likeness (QED) is 0.855. The first-order valence-corrected chi connectivity index (χ1v) is 4.89. The monoisotopic (exact) mass is 258 g/mol. The molecule has 8 heteroatoms. The first-order valence-electron chi connectivity index (χ1n) is 4.89. The van der Waals surface area contributed by atoms with Gasteiger partial charge in [0.15, 0.2) is 0 Å². The molecule has 0 aliphatic rings. The van der Waals surface area contributed by atoms with Gasteiger partial charge in [-0.1, -0.05) is 17.2 Å². The molecule has 96 valence electrons. The van der Waals surface area contributed by atoms with E-state index >= 15 is 0 Å². The van der Waals surface area contributed by atoms with E-state index in [1.54, 1.807) is 0 Å². The number of rotatable bonds is 2. The molecule has 0 saturated heterocycles. The van der Waals surface area contributed by atoms with Gasteiger partial charge in [-0.25, -0.2) is 0 Å². The van der Waals surface area contributed by atoms with Gasteiger partial charge in [0.1, 0.15) is 6.04 Å². The molecule has 0 fully saturated rings. The largest absolute Gasteiger partial charge is 0.416 e. The summed E-state index contributed by atoms with van der Waals surface area (Å²) in [7, 11) is 0. The third-order valence-electron chi connectivity index (χ3n) is 2.30. The average molecular weight is 258 g/mol. The first-order chi connectivity index (χ1) is 8.38. The zero-order valence-corrected chi connectivity index (χ0v) is 8.98. The highest BCUT2D eigenvalue weighted by molar-refractivity contribution is 5.30. The number of nitrogens with two attached hydrogens (primary N) is 2. The fourth-order valence-electron chi connectivity index (χ4n) is 1.42. The summed E-state index contributed by atoms with van der Waals surface area (Å²) in [6, 6.07) is 3.46. The van der Waals surface area contributed by atoms with Gasteiger partial charge in [-0.3, -0.25) is 0 Å². The third-order valence-corrected chi connectivity index (χ3v) is 2.30. The van der Waals surface area contributed by atoms with Crippen molar-refractivity contribution in [3.8, 4) is 0 Å². The summed E-state index contributed by atoms with van der Waals surface area (Å²) in [5.74, 6) is -0.0353. The second-order valence-corrected chi connectivity index (χ2v) is 3.58. The fraction of sp³-hybridized carbons (Fsp3) is 0.200. The van der Waals surface area contributed by atoms with Crippen molar-refractivity contribution in [3.05, 3.63) is 41.3 Å². The number of alkyl halides is 3. The molecule has 4 N–H and O–H groups in total. The van der Waals surface area contributed by atoms with E-state index in [1.165, 1.54) is 12.1 Å². The van der Waals surface area contributed by atoms with Gasteiger partial charge in [-0.2, -0.15) is 13.2 Å². The van der Waals surface area contributed by atoms with Crippen LogP contribution in [0.15, 0.2) is 28.7 Å². The summed E-state index contributed by atoms with van der Waals surface area (Å²) in [6.07, 6.45) is -4.43. The Bertz CT molecular complexity index is 552. The lowest BCUT2D eigenvalue weighted by Crippen LogP contribution is -2.14. The topological polar surface area (TPSA) is 91.0 Å². The van der Waals surface area contributed by atoms with Crippen molar-refractivity contribution >= 4 is 6.01 Å². The number of nitrogen functional groups attached to an aromatic ring is 1. The smallest absolute Gasteiger partial charge is 0.406 e. The summed E-state index contributed by atoms with van der Waals surface area (Å²) in [4.78, 5) is 0. The third kappa shape index (κ3) is 2.43. The van der Waals surface area contributed by atoms with E-state index in [0.717, 1.165) is 12.1 Å². The molecule has 0 aliphatic heterocycles. The molecule has 2 aromatic rings. The Hall–Kier alpha value is -2.09. The summed E-state index contributed by atoms with van der Waals surface area (Å²) in [5, 5.41) is 6.93. The maximum Gasteiger partial charge on any atom is 0.416 e. The van der Waals surface area contributed by atoms with E-state index in [1.807, 2.05) is 0 Å². The Morgan fingerprint density at radius 2 is 1.94 bits per heavy atom. The van der Waals surface area contributed by atoms with E-state index in [-0.39, 0.29) is 17.5 Å². The lowest BCUT2D eigenvalue weighted by atomic mass is 10.0. The number of anilines is 1. The molecule has 0 amide bonds. The number of halogens is 3. The lowest BCUT2D eigenvalue weighted by molar-refractivity contribution is -0.137. The molecule has 0 bridgehead atoms. The van der Waals surface area contributed by atoms with Gasteiger partial charge < -0.3 is 15.9 Å². The molecular weight excluding hydrogens is 249 g/mol. The Kier molecular flexibility index (Phi) is 2.95. The predicted molar refractivity (Wildman–Crippen MR) is 56.2 cm³/mol. The van der Waals surface area contributed by atoms with E-state index in [0.29, 0.717) is 0 Å². The van der Waals surface area contributed by atoms with Crippen LogP contribution >= 0.6 is 0 Å². The first kappa shape index (κ1) is 12.4. The number of aromatic nitrogens is 2. The van der Waals surface area contributed by atoms with E-state index < -0.39 is 17.8 Å². The number of hydrogen-bond donors (Lipinski definition) is 2. The normalized spacial score (nSPS) is 13.6. The lowest BCUT2D eigenvalue weighted by Gasteiger charge is -2.11. The van der Waals surface area contributed by atoms with Crippen LogP contribution in [0.3, 0.4) is 0 Å². The van der Waals surface area contributed by atoms with Crippen LogP contribution in [0.2, 0.25) is 0 Å². The van der Waals surface area contributed by atoms with Crippen molar-refractivity contribution in [1.29, 1.82) is 0 Å². The van der Waals surface area contributed by atoms with Gasteiger partial charge in [0, 0.05) is 0 Å². The minimum absolute atomic E-state index is 0.0353. The second kappa shape index (κ2) is 4.30. The maximum atomic E-state index is 12.5. The molecule has 1 atom stereocenters. The molecule has 0 aliphatic carbocycles. The van der Waals surface area contributed by atoms with Crippen molar-refractivity contribution in [2.75, 3.05) is 5.73 Å². The van der Waals surface area contributed by atoms with Gasteiger partial charge >= 0.3 is 12.2 Å². The van der Waals surface area contributed by atoms with Gasteiger partial charge in [0.2, 0.25) is 5.89 Å². The highest BCUT2D eigenvalue weighted by atomic mass is 19.4. The minimum Gasteiger partial charge on any atom is -0.406 e. The molecule has 0 radical (unpaired) electrons. The van der Waals surface area contributed by atoms with Crippen LogP contribution < -0.4 is 11.5 Å². The molecule has 2 rings (SSSR count). The van der Waals surface area contributed by atoms with Crippen LogP contribution in [0, 0.1) is 0 Å². The zero-order valence-electron chi connectivity index (χ0n) is 8.98. The summed E-state index contributed by atoms with van der Waals surface area (Å²) < 4.78 is 42.5. The van der Waals surface area contributed by atoms with Crippen LogP contribution in [0.1, 0.15) is 23.1 Å². The average Bonchev–Trinajstić information content (AvgIpc) is 2.74. The Morgan fingerprint density at radius 3 is 2.50 bits per heavy atom.